The van der Waals surface area contributed by atoms with E-state index in [0.29, 0.717) is 18.0 Å². The molecule has 1 heterocycles. The lowest BCUT2D eigenvalue weighted by Gasteiger charge is -2.16. The van der Waals surface area contributed by atoms with E-state index in [1.807, 2.05) is 0 Å². The number of aliphatic hydroxyl groups is 1. The number of hydrogen-bond donors (Lipinski definition) is 1. The van der Waals surface area contributed by atoms with Gasteiger partial charge in [-0.15, -0.1) is 0 Å². The van der Waals surface area contributed by atoms with Gasteiger partial charge >= 0.3 is 0 Å². The van der Waals surface area contributed by atoms with E-state index in [1.54, 1.807) is 0 Å². The molecule has 17 heavy (non-hydrogen) atoms. The number of likely N-dealkylation sites (tertiary alicyclic amines) is 1. The predicted molar refractivity (Wildman–Crippen MR) is 61.4 cm³/mol. The van der Waals surface area contributed by atoms with Gasteiger partial charge in [0, 0.05) is 31.3 Å². The molecule has 0 amide bonds. The molecule has 1 aliphatic heterocycles. The Balaban J connectivity index is 1.93. The van der Waals surface area contributed by atoms with Crippen LogP contribution in [0.2, 0.25) is 0 Å². The number of halogens is 2. The first kappa shape index (κ1) is 12.5. The van der Waals surface area contributed by atoms with Crippen LogP contribution in [0.5, 0.6) is 0 Å². The number of aliphatic hydroxyl groups excluding tert-OH is 1. The largest absolute Gasteiger partial charge is 0.396 e. The van der Waals surface area contributed by atoms with Crippen LogP contribution in [0.4, 0.5) is 8.78 Å². The van der Waals surface area contributed by atoms with Gasteiger partial charge in [0.1, 0.15) is 11.6 Å². The first-order valence-electron chi connectivity index (χ1n) is 5.96. The second-order valence-electron chi connectivity index (χ2n) is 4.64. The highest BCUT2D eigenvalue weighted by Crippen LogP contribution is 2.22. The summed E-state index contributed by atoms with van der Waals surface area (Å²) in [5.41, 5.74) is 0.538. The van der Waals surface area contributed by atoms with Crippen molar-refractivity contribution in [3.05, 3.63) is 35.4 Å². The fraction of sp³-hybridized carbons (Fsp3) is 0.538. The van der Waals surface area contributed by atoms with E-state index in [-0.39, 0.29) is 6.61 Å². The maximum absolute atomic E-state index is 13.4. The summed E-state index contributed by atoms with van der Waals surface area (Å²) in [4.78, 5) is 2.15. The van der Waals surface area contributed by atoms with E-state index in [1.165, 1.54) is 12.1 Å². The molecule has 0 saturated carbocycles. The molecule has 1 fully saturated rings. The number of nitrogens with zero attached hydrogens (tertiary/aromatic N) is 1. The molecule has 2 nitrogen and oxygen atoms in total. The summed E-state index contributed by atoms with van der Waals surface area (Å²) in [6, 6.07) is 3.72. The molecule has 2 rings (SSSR count). The summed E-state index contributed by atoms with van der Waals surface area (Å²) < 4.78 is 26.2. The van der Waals surface area contributed by atoms with Crippen molar-refractivity contribution in [2.45, 2.75) is 19.4 Å². The Morgan fingerprint density at radius 1 is 1.35 bits per heavy atom. The highest BCUT2D eigenvalue weighted by atomic mass is 19.1. The van der Waals surface area contributed by atoms with Crippen LogP contribution >= 0.6 is 0 Å². The molecular weight excluding hydrogens is 224 g/mol. The molecule has 0 radical (unpaired) electrons. The van der Waals surface area contributed by atoms with Crippen molar-refractivity contribution in [3.63, 3.8) is 0 Å². The molecule has 0 aromatic heterocycles. The Morgan fingerprint density at radius 3 is 2.88 bits per heavy atom. The summed E-state index contributed by atoms with van der Waals surface area (Å²) in [5, 5.41) is 8.86. The van der Waals surface area contributed by atoms with Gasteiger partial charge < -0.3 is 5.11 Å². The van der Waals surface area contributed by atoms with Crippen molar-refractivity contribution in [3.8, 4) is 0 Å². The molecule has 1 N–H and O–H groups in total. The quantitative estimate of drug-likeness (QED) is 0.873. The van der Waals surface area contributed by atoms with Crippen molar-refractivity contribution in [2.75, 3.05) is 19.7 Å². The van der Waals surface area contributed by atoms with Gasteiger partial charge in [-0.25, -0.2) is 8.78 Å². The minimum atomic E-state index is -0.536. The molecule has 0 spiro atoms. The third kappa shape index (κ3) is 3.23. The Bertz CT molecular complexity index is 384. The lowest BCUT2D eigenvalue weighted by atomic mass is 10.1. The summed E-state index contributed by atoms with van der Waals surface area (Å²) in [7, 11) is 0. The van der Waals surface area contributed by atoms with Gasteiger partial charge in [-0.1, -0.05) is 6.07 Å². The molecule has 1 unspecified atom stereocenters. The lowest BCUT2D eigenvalue weighted by molar-refractivity contribution is 0.248. The summed E-state index contributed by atoms with van der Waals surface area (Å²) >= 11 is 0. The molecule has 1 saturated heterocycles. The van der Waals surface area contributed by atoms with Crippen LogP contribution in [0.15, 0.2) is 18.2 Å². The van der Waals surface area contributed by atoms with Crippen LogP contribution in [0.3, 0.4) is 0 Å². The lowest BCUT2D eigenvalue weighted by Crippen LogP contribution is -2.21. The molecule has 1 atom stereocenters. The van der Waals surface area contributed by atoms with E-state index in [4.69, 9.17) is 5.11 Å². The molecule has 0 bridgehead atoms. The van der Waals surface area contributed by atoms with Gasteiger partial charge in [0.2, 0.25) is 0 Å². The molecule has 1 aromatic carbocycles. The van der Waals surface area contributed by atoms with Crippen molar-refractivity contribution in [1.29, 1.82) is 0 Å². The van der Waals surface area contributed by atoms with E-state index < -0.39 is 11.6 Å². The zero-order valence-corrected chi connectivity index (χ0v) is 9.70. The second-order valence-corrected chi connectivity index (χ2v) is 4.64. The minimum absolute atomic E-state index is 0.212. The smallest absolute Gasteiger partial charge is 0.130 e. The maximum atomic E-state index is 13.4. The average Bonchev–Trinajstić information content (AvgIpc) is 2.71. The Labute approximate surface area is 99.9 Å². The normalized spacial score (nSPS) is 21.0. The highest BCUT2D eigenvalue weighted by Gasteiger charge is 2.22. The van der Waals surface area contributed by atoms with Crippen LogP contribution in [0.25, 0.3) is 0 Å². The van der Waals surface area contributed by atoms with Crippen molar-refractivity contribution < 1.29 is 13.9 Å². The van der Waals surface area contributed by atoms with Gasteiger partial charge in [-0.2, -0.15) is 0 Å². The van der Waals surface area contributed by atoms with E-state index in [9.17, 15) is 8.78 Å². The van der Waals surface area contributed by atoms with Gasteiger partial charge in [0.15, 0.2) is 0 Å². The van der Waals surface area contributed by atoms with E-state index in [2.05, 4.69) is 4.90 Å². The van der Waals surface area contributed by atoms with E-state index >= 15 is 0 Å². The summed E-state index contributed by atoms with van der Waals surface area (Å²) in [6.07, 6.45) is 1.85. The predicted octanol–water partition coefficient (Wildman–Crippen LogP) is 2.17. The van der Waals surface area contributed by atoms with Crippen LogP contribution in [0.1, 0.15) is 18.4 Å². The molecule has 4 heteroatoms. The third-order valence-electron chi connectivity index (χ3n) is 3.32. The second kappa shape index (κ2) is 5.56. The zero-order valence-electron chi connectivity index (χ0n) is 9.70. The number of rotatable bonds is 4. The van der Waals surface area contributed by atoms with Gasteiger partial charge in [-0.3, -0.25) is 4.90 Å². The first-order valence-corrected chi connectivity index (χ1v) is 5.96. The Morgan fingerprint density at radius 2 is 2.18 bits per heavy atom. The number of benzene rings is 1. The average molecular weight is 241 g/mol. The van der Waals surface area contributed by atoms with Gasteiger partial charge in [-0.05, 0) is 31.4 Å². The summed E-state index contributed by atoms with van der Waals surface area (Å²) in [6.45, 7) is 2.54. The first-order chi connectivity index (χ1) is 8.19. The van der Waals surface area contributed by atoms with Crippen LogP contribution in [-0.2, 0) is 6.54 Å². The molecular formula is C13H17F2NO. The Hall–Kier alpha value is -1.00. The van der Waals surface area contributed by atoms with E-state index in [0.717, 1.165) is 32.0 Å². The summed E-state index contributed by atoms with van der Waals surface area (Å²) in [5.74, 6) is -0.509. The monoisotopic (exact) mass is 241 g/mol. The number of hydrogen-bond acceptors (Lipinski definition) is 2. The van der Waals surface area contributed by atoms with Gasteiger partial charge in [0.25, 0.3) is 0 Å². The van der Waals surface area contributed by atoms with Crippen molar-refractivity contribution in [2.24, 2.45) is 5.92 Å². The fourth-order valence-corrected chi connectivity index (χ4v) is 2.37. The highest BCUT2D eigenvalue weighted by molar-refractivity contribution is 5.18. The zero-order chi connectivity index (χ0) is 12.3. The van der Waals surface area contributed by atoms with Crippen molar-refractivity contribution >= 4 is 0 Å². The van der Waals surface area contributed by atoms with Crippen molar-refractivity contribution in [1.82, 2.24) is 4.90 Å². The minimum Gasteiger partial charge on any atom is -0.396 e. The SMILES string of the molecule is OCCC1CCN(Cc2ccc(F)cc2F)C1. The maximum Gasteiger partial charge on any atom is 0.130 e. The standard InChI is InChI=1S/C13H17F2NO/c14-12-2-1-11(13(15)7-12)9-16-5-3-10(8-16)4-6-17/h1-2,7,10,17H,3-6,8-9H2. The van der Waals surface area contributed by atoms with Crippen LogP contribution < -0.4 is 0 Å². The molecule has 1 aromatic rings. The molecule has 1 aliphatic rings. The van der Waals surface area contributed by atoms with Crippen LogP contribution in [0, 0.1) is 17.6 Å². The third-order valence-corrected chi connectivity index (χ3v) is 3.32. The topological polar surface area (TPSA) is 23.5 Å². The van der Waals surface area contributed by atoms with Gasteiger partial charge in [0.05, 0.1) is 0 Å². The fourth-order valence-electron chi connectivity index (χ4n) is 2.37. The van der Waals surface area contributed by atoms with Crippen LogP contribution in [-0.4, -0.2) is 29.7 Å². The molecule has 94 valence electrons. The molecule has 0 aliphatic carbocycles. The Kier molecular flexibility index (Phi) is 4.07.